The van der Waals surface area contributed by atoms with E-state index in [2.05, 4.69) is 10.3 Å². The number of aliphatic imine (C=N–C) groups is 1. The molecule has 2 rings (SSSR count). The Hall–Kier alpha value is -1.82. The van der Waals surface area contributed by atoms with Crippen LogP contribution in [0.4, 0.5) is 5.69 Å². The molecule has 0 aromatic heterocycles. The number of thioether (sulfide) groups is 1. The number of carboxylic acid groups (broad SMARTS) is 1. The Morgan fingerprint density at radius 1 is 1.37 bits per heavy atom. The summed E-state index contributed by atoms with van der Waals surface area (Å²) in [6.07, 6.45) is -0.303. The van der Waals surface area contributed by atoms with Gasteiger partial charge in [0.1, 0.15) is 0 Å². The molecule has 1 N–H and O–H groups in total. The van der Waals surface area contributed by atoms with Crippen LogP contribution in [0.3, 0.4) is 0 Å². The second-order valence-corrected chi connectivity index (χ2v) is 5.63. The van der Waals surface area contributed by atoms with E-state index in [1.165, 1.54) is 0 Å². The molecule has 0 spiro atoms. The van der Waals surface area contributed by atoms with Gasteiger partial charge in [-0.3, -0.25) is 4.79 Å². The summed E-state index contributed by atoms with van der Waals surface area (Å²) in [6.45, 7) is 3.94. The Morgan fingerprint density at radius 2 is 2.00 bits per heavy atom. The van der Waals surface area contributed by atoms with Crippen LogP contribution in [0.1, 0.15) is 17.5 Å². The highest BCUT2D eigenvalue weighted by molar-refractivity contribution is 8.15. The van der Waals surface area contributed by atoms with E-state index in [0.29, 0.717) is 5.17 Å². The molecule has 0 aliphatic carbocycles. The van der Waals surface area contributed by atoms with Gasteiger partial charge in [-0.05, 0) is 37.1 Å². The summed E-state index contributed by atoms with van der Waals surface area (Å²) in [5.41, 5.74) is 2.91. The highest BCUT2D eigenvalue weighted by atomic mass is 32.2. The molecule has 1 aliphatic heterocycles. The second-order valence-electron chi connectivity index (χ2n) is 4.43. The van der Waals surface area contributed by atoms with Crippen LogP contribution in [0.15, 0.2) is 23.2 Å². The molecule has 100 valence electrons. The average molecular weight is 277 g/mol. The van der Waals surface area contributed by atoms with Crippen LogP contribution in [0.25, 0.3) is 0 Å². The van der Waals surface area contributed by atoms with Crippen LogP contribution >= 0.6 is 11.8 Å². The maximum atomic E-state index is 11.5. The third-order valence-electron chi connectivity index (χ3n) is 2.57. The molecule has 1 fully saturated rings. The van der Waals surface area contributed by atoms with Gasteiger partial charge in [0.05, 0.1) is 10.9 Å². The van der Waals surface area contributed by atoms with E-state index in [0.717, 1.165) is 28.6 Å². The minimum atomic E-state index is -1.24. The first-order valence-corrected chi connectivity index (χ1v) is 6.66. The van der Waals surface area contributed by atoms with Gasteiger partial charge in [-0.25, -0.2) is 4.99 Å². The number of aliphatic carboxylic acids is 1. The molecule has 1 aliphatic rings. The van der Waals surface area contributed by atoms with Crippen molar-refractivity contribution in [2.45, 2.75) is 25.5 Å². The fourth-order valence-electron chi connectivity index (χ4n) is 1.88. The zero-order valence-corrected chi connectivity index (χ0v) is 11.4. The van der Waals surface area contributed by atoms with Crippen LogP contribution in [0.2, 0.25) is 0 Å². The number of hydrogen-bond acceptors (Lipinski definition) is 5. The summed E-state index contributed by atoms with van der Waals surface area (Å²) in [6, 6.07) is 5.83. The number of carboxylic acids is 1. The number of nitrogens with one attached hydrogen (secondary N) is 1. The summed E-state index contributed by atoms with van der Waals surface area (Å²) >= 11 is 1.12. The first-order valence-electron chi connectivity index (χ1n) is 5.78. The number of carbonyl (C=O) groups excluding carboxylic acids is 2. The van der Waals surface area contributed by atoms with Crippen LogP contribution in [0.5, 0.6) is 0 Å². The Balaban J connectivity index is 2.17. The molecule has 0 radical (unpaired) electrons. The van der Waals surface area contributed by atoms with Crippen molar-refractivity contribution in [1.29, 1.82) is 0 Å². The van der Waals surface area contributed by atoms with E-state index in [9.17, 15) is 14.7 Å². The van der Waals surface area contributed by atoms with Gasteiger partial charge in [0.2, 0.25) is 5.91 Å². The average Bonchev–Trinajstić information content (AvgIpc) is 2.56. The number of benzene rings is 1. The van der Waals surface area contributed by atoms with E-state index >= 15 is 0 Å². The monoisotopic (exact) mass is 277 g/mol. The minimum absolute atomic E-state index is 0.303. The largest absolute Gasteiger partial charge is 0.550 e. The van der Waals surface area contributed by atoms with E-state index < -0.39 is 11.2 Å². The third kappa shape index (κ3) is 3.57. The topological polar surface area (TPSA) is 81.6 Å². The Labute approximate surface area is 115 Å². The number of hydrogen-bond donors (Lipinski definition) is 1. The zero-order valence-electron chi connectivity index (χ0n) is 10.6. The van der Waals surface area contributed by atoms with Gasteiger partial charge < -0.3 is 15.2 Å². The summed E-state index contributed by atoms with van der Waals surface area (Å²) in [5.74, 6) is -1.57. The van der Waals surface area contributed by atoms with E-state index in [4.69, 9.17) is 0 Å². The van der Waals surface area contributed by atoms with Gasteiger partial charge in [0.15, 0.2) is 5.17 Å². The molecule has 19 heavy (non-hydrogen) atoms. The molecular weight excluding hydrogens is 264 g/mol. The maximum absolute atomic E-state index is 11.5. The van der Waals surface area contributed by atoms with Crippen molar-refractivity contribution >= 4 is 34.5 Å². The lowest BCUT2D eigenvalue weighted by Crippen LogP contribution is -2.31. The van der Waals surface area contributed by atoms with Crippen molar-refractivity contribution < 1.29 is 14.7 Å². The third-order valence-corrected chi connectivity index (χ3v) is 3.65. The lowest BCUT2D eigenvalue weighted by Gasteiger charge is -2.04. The maximum Gasteiger partial charge on any atom is 0.239 e. The van der Waals surface area contributed by atoms with E-state index in [-0.39, 0.29) is 12.3 Å². The van der Waals surface area contributed by atoms with Crippen molar-refractivity contribution in [3.63, 3.8) is 0 Å². The Kier molecular flexibility index (Phi) is 3.90. The lowest BCUT2D eigenvalue weighted by atomic mass is 10.1. The highest BCUT2D eigenvalue weighted by Crippen LogP contribution is 2.25. The summed E-state index contributed by atoms with van der Waals surface area (Å²) in [5, 5.41) is 12.9. The van der Waals surface area contributed by atoms with Gasteiger partial charge in [0.25, 0.3) is 0 Å². The van der Waals surface area contributed by atoms with Gasteiger partial charge in [-0.1, -0.05) is 17.8 Å². The van der Waals surface area contributed by atoms with Gasteiger partial charge in [-0.2, -0.15) is 0 Å². The number of carbonyl (C=O) groups is 2. The standard InChI is InChI=1S/C13H14N2O3S/c1-7-3-8(2)5-9(4-7)14-13-15-12(18)10(19-13)6-11(16)17/h3-5,10H,6H2,1-2H3,(H,16,17)(H,14,15,18)/p-1/t10-/m1/s1. The Bertz CT molecular complexity index is 549. The minimum Gasteiger partial charge on any atom is -0.550 e. The van der Waals surface area contributed by atoms with Gasteiger partial charge in [-0.15, -0.1) is 0 Å². The molecule has 1 aromatic rings. The quantitative estimate of drug-likeness (QED) is 0.880. The molecule has 1 heterocycles. The van der Waals surface area contributed by atoms with Crippen LogP contribution in [-0.4, -0.2) is 22.3 Å². The molecule has 1 atom stereocenters. The van der Waals surface area contributed by atoms with Crippen molar-refractivity contribution in [3.05, 3.63) is 29.3 Å². The second kappa shape index (κ2) is 5.44. The summed E-state index contributed by atoms with van der Waals surface area (Å²) < 4.78 is 0. The number of nitrogens with zero attached hydrogens (tertiary/aromatic N) is 1. The molecule has 0 bridgehead atoms. The smallest absolute Gasteiger partial charge is 0.239 e. The zero-order chi connectivity index (χ0) is 14.0. The van der Waals surface area contributed by atoms with E-state index in [1.807, 2.05) is 32.0 Å². The Morgan fingerprint density at radius 3 is 2.58 bits per heavy atom. The number of amidine groups is 1. The molecule has 1 amide bonds. The molecule has 0 saturated carbocycles. The predicted molar refractivity (Wildman–Crippen MR) is 72.2 cm³/mol. The predicted octanol–water partition coefficient (Wildman–Crippen LogP) is 0.663. The number of aryl methyl sites for hydroxylation is 2. The highest BCUT2D eigenvalue weighted by Gasteiger charge is 2.30. The molecule has 0 unspecified atom stereocenters. The fraction of sp³-hybridized carbons (Fsp3) is 0.308. The van der Waals surface area contributed by atoms with Gasteiger partial charge in [0, 0.05) is 12.4 Å². The van der Waals surface area contributed by atoms with E-state index in [1.54, 1.807) is 0 Å². The molecular formula is C13H13N2O3S-. The molecule has 6 heteroatoms. The normalized spacial score (nSPS) is 20.6. The van der Waals surface area contributed by atoms with Crippen LogP contribution in [-0.2, 0) is 9.59 Å². The first kappa shape index (κ1) is 13.6. The first-order chi connectivity index (χ1) is 8.94. The molecule has 1 saturated heterocycles. The summed E-state index contributed by atoms with van der Waals surface area (Å²) in [7, 11) is 0. The number of rotatable bonds is 3. The lowest BCUT2D eigenvalue weighted by molar-refractivity contribution is -0.305. The van der Waals surface area contributed by atoms with Crippen molar-refractivity contribution in [2.75, 3.05) is 0 Å². The van der Waals surface area contributed by atoms with Gasteiger partial charge >= 0.3 is 0 Å². The van der Waals surface area contributed by atoms with Crippen LogP contribution in [0, 0.1) is 13.8 Å². The molecule has 1 aromatic carbocycles. The van der Waals surface area contributed by atoms with Crippen LogP contribution < -0.4 is 10.4 Å². The van der Waals surface area contributed by atoms with Crippen molar-refractivity contribution in [1.82, 2.24) is 5.32 Å². The van der Waals surface area contributed by atoms with Crippen molar-refractivity contribution in [3.8, 4) is 0 Å². The molecule has 5 nitrogen and oxygen atoms in total. The summed E-state index contributed by atoms with van der Waals surface area (Å²) in [4.78, 5) is 26.4. The fourth-order valence-corrected chi connectivity index (χ4v) is 2.85. The number of amides is 1. The van der Waals surface area contributed by atoms with Crippen molar-refractivity contribution in [2.24, 2.45) is 4.99 Å². The SMILES string of the molecule is Cc1cc(C)cc(N=C2NC(=O)[C@@H](CC(=O)[O-])S2)c1.